The molecule has 0 spiro atoms. The fourth-order valence-electron chi connectivity index (χ4n) is 2.06. The molecule has 2 nitrogen and oxygen atoms in total. The highest BCUT2D eigenvalue weighted by atomic mass is 14.9. The number of hydrogen-bond donors (Lipinski definition) is 2. The summed E-state index contributed by atoms with van der Waals surface area (Å²) >= 11 is 0. The molecule has 1 aromatic rings. The quantitative estimate of drug-likeness (QED) is 0.800. The predicted octanol–water partition coefficient (Wildman–Crippen LogP) is 2.55. The van der Waals surface area contributed by atoms with Crippen LogP contribution in [0.25, 0.3) is 0 Å². The van der Waals surface area contributed by atoms with Crippen LogP contribution in [-0.4, -0.2) is 13.1 Å². The lowest BCUT2D eigenvalue weighted by atomic mass is 9.96. The average molecular weight is 220 g/mol. The Balaban J connectivity index is 2.86. The Kier molecular flexibility index (Phi) is 4.97. The Morgan fingerprint density at radius 1 is 1.19 bits per heavy atom. The monoisotopic (exact) mass is 220 g/mol. The molecule has 0 aliphatic carbocycles. The van der Waals surface area contributed by atoms with E-state index < -0.39 is 0 Å². The van der Waals surface area contributed by atoms with Crippen molar-refractivity contribution in [2.75, 3.05) is 13.1 Å². The zero-order chi connectivity index (χ0) is 12.1. The molecule has 0 heterocycles. The molecule has 16 heavy (non-hydrogen) atoms. The summed E-state index contributed by atoms with van der Waals surface area (Å²) < 4.78 is 0. The van der Waals surface area contributed by atoms with E-state index in [0.29, 0.717) is 12.5 Å². The number of aryl methyl sites for hydroxylation is 2. The van der Waals surface area contributed by atoms with Gasteiger partial charge in [0.15, 0.2) is 0 Å². The van der Waals surface area contributed by atoms with E-state index in [1.165, 1.54) is 16.7 Å². The molecule has 1 rings (SSSR count). The summed E-state index contributed by atoms with van der Waals surface area (Å²) in [7, 11) is 0. The third kappa shape index (κ3) is 3.32. The summed E-state index contributed by atoms with van der Waals surface area (Å²) in [4.78, 5) is 0. The van der Waals surface area contributed by atoms with Gasteiger partial charge in [0.05, 0.1) is 0 Å². The van der Waals surface area contributed by atoms with Crippen LogP contribution in [0.1, 0.15) is 36.6 Å². The SMILES string of the molecule is Cc1cccc(C)c1C(CN)NCC(C)C. The second-order valence-electron chi connectivity index (χ2n) is 4.90. The van der Waals surface area contributed by atoms with E-state index in [1.54, 1.807) is 0 Å². The normalized spacial score (nSPS) is 13.1. The first kappa shape index (κ1) is 13.2. The number of nitrogens with one attached hydrogen (secondary N) is 1. The summed E-state index contributed by atoms with van der Waals surface area (Å²) in [6, 6.07) is 6.69. The Bertz CT molecular complexity index is 311. The molecule has 0 radical (unpaired) electrons. The Morgan fingerprint density at radius 3 is 2.19 bits per heavy atom. The van der Waals surface area contributed by atoms with E-state index >= 15 is 0 Å². The van der Waals surface area contributed by atoms with E-state index in [-0.39, 0.29) is 6.04 Å². The van der Waals surface area contributed by atoms with E-state index in [0.717, 1.165) is 6.54 Å². The minimum Gasteiger partial charge on any atom is -0.329 e. The maximum atomic E-state index is 5.87. The largest absolute Gasteiger partial charge is 0.329 e. The number of hydrogen-bond acceptors (Lipinski definition) is 2. The number of benzene rings is 1. The van der Waals surface area contributed by atoms with Crippen molar-refractivity contribution in [1.29, 1.82) is 0 Å². The molecule has 1 aromatic carbocycles. The third-order valence-corrected chi connectivity index (χ3v) is 2.90. The van der Waals surface area contributed by atoms with Crippen molar-refractivity contribution in [1.82, 2.24) is 5.32 Å². The lowest BCUT2D eigenvalue weighted by Gasteiger charge is -2.22. The second kappa shape index (κ2) is 6.02. The van der Waals surface area contributed by atoms with Crippen LogP contribution in [0.15, 0.2) is 18.2 Å². The Hall–Kier alpha value is -0.860. The standard InChI is InChI=1S/C14H24N2/c1-10(2)9-16-13(8-15)14-11(3)6-5-7-12(14)4/h5-7,10,13,16H,8-9,15H2,1-4H3. The van der Waals surface area contributed by atoms with Gasteiger partial charge in [0.1, 0.15) is 0 Å². The molecule has 0 aliphatic rings. The molecular formula is C14H24N2. The Labute approximate surface area is 99.2 Å². The van der Waals surface area contributed by atoms with Crippen LogP contribution in [0.4, 0.5) is 0 Å². The lowest BCUT2D eigenvalue weighted by Crippen LogP contribution is -2.32. The maximum absolute atomic E-state index is 5.87. The molecule has 0 aromatic heterocycles. The van der Waals surface area contributed by atoms with Gasteiger partial charge in [-0.25, -0.2) is 0 Å². The molecule has 2 heteroatoms. The van der Waals surface area contributed by atoms with Crippen LogP contribution in [0.3, 0.4) is 0 Å². The smallest absolute Gasteiger partial charge is 0.0449 e. The molecule has 90 valence electrons. The zero-order valence-corrected chi connectivity index (χ0v) is 10.9. The molecule has 0 saturated carbocycles. The van der Waals surface area contributed by atoms with Crippen molar-refractivity contribution in [3.63, 3.8) is 0 Å². The van der Waals surface area contributed by atoms with E-state index in [1.807, 2.05) is 0 Å². The summed E-state index contributed by atoms with van der Waals surface area (Å²) in [5, 5.41) is 3.54. The Morgan fingerprint density at radius 2 is 1.75 bits per heavy atom. The van der Waals surface area contributed by atoms with Crippen LogP contribution in [0.2, 0.25) is 0 Å². The van der Waals surface area contributed by atoms with Gasteiger partial charge in [-0.3, -0.25) is 0 Å². The number of nitrogens with two attached hydrogens (primary N) is 1. The van der Waals surface area contributed by atoms with Gasteiger partial charge in [-0.2, -0.15) is 0 Å². The summed E-state index contributed by atoms with van der Waals surface area (Å²) in [6.07, 6.45) is 0. The van der Waals surface area contributed by atoms with E-state index in [4.69, 9.17) is 5.73 Å². The van der Waals surface area contributed by atoms with E-state index in [2.05, 4.69) is 51.2 Å². The first-order chi connectivity index (χ1) is 7.56. The zero-order valence-electron chi connectivity index (χ0n) is 10.9. The highest BCUT2D eigenvalue weighted by Gasteiger charge is 2.13. The number of rotatable bonds is 5. The van der Waals surface area contributed by atoms with Gasteiger partial charge >= 0.3 is 0 Å². The van der Waals surface area contributed by atoms with Gasteiger partial charge in [0.25, 0.3) is 0 Å². The molecule has 0 fully saturated rings. The predicted molar refractivity (Wildman–Crippen MR) is 70.6 cm³/mol. The van der Waals surface area contributed by atoms with Crippen molar-refractivity contribution in [3.8, 4) is 0 Å². The molecule has 0 amide bonds. The van der Waals surface area contributed by atoms with Gasteiger partial charge in [-0.15, -0.1) is 0 Å². The molecule has 1 atom stereocenters. The molecular weight excluding hydrogens is 196 g/mol. The highest BCUT2D eigenvalue weighted by Crippen LogP contribution is 2.21. The maximum Gasteiger partial charge on any atom is 0.0449 e. The first-order valence-electron chi connectivity index (χ1n) is 6.05. The molecule has 0 bridgehead atoms. The summed E-state index contributed by atoms with van der Waals surface area (Å²) in [6.45, 7) is 10.4. The minimum absolute atomic E-state index is 0.281. The van der Waals surface area contributed by atoms with E-state index in [9.17, 15) is 0 Å². The van der Waals surface area contributed by atoms with Crippen molar-refractivity contribution in [3.05, 3.63) is 34.9 Å². The van der Waals surface area contributed by atoms with Crippen LogP contribution >= 0.6 is 0 Å². The van der Waals surface area contributed by atoms with Crippen LogP contribution in [0.5, 0.6) is 0 Å². The van der Waals surface area contributed by atoms with Crippen LogP contribution in [-0.2, 0) is 0 Å². The summed E-state index contributed by atoms with van der Waals surface area (Å²) in [5.74, 6) is 0.651. The van der Waals surface area contributed by atoms with Crippen LogP contribution in [0, 0.1) is 19.8 Å². The van der Waals surface area contributed by atoms with Crippen molar-refractivity contribution < 1.29 is 0 Å². The third-order valence-electron chi connectivity index (χ3n) is 2.90. The van der Waals surface area contributed by atoms with Crippen molar-refractivity contribution >= 4 is 0 Å². The average Bonchev–Trinajstić information content (AvgIpc) is 2.22. The topological polar surface area (TPSA) is 38.0 Å². The minimum atomic E-state index is 0.281. The molecule has 3 N–H and O–H groups in total. The van der Waals surface area contributed by atoms with Gasteiger partial charge < -0.3 is 11.1 Å². The molecule has 1 unspecified atom stereocenters. The van der Waals surface area contributed by atoms with Crippen molar-refractivity contribution in [2.45, 2.75) is 33.7 Å². The second-order valence-corrected chi connectivity index (χ2v) is 4.90. The molecule has 0 aliphatic heterocycles. The summed E-state index contributed by atoms with van der Waals surface area (Å²) in [5.41, 5.74) is 9.88. The van der Waals surface area contributed by atoms with Crippen LogP contribution < -0.4 is 11.1 Å². The van der Waals surface area contributed by atoms with Gasteiger partial charge in [0.2, 0.25) is 0 Å². The van der Waals surface area contributed by atoms with Gasteiger partial charge in [-0.1, -0.05) is 32.0 Å². The highest BCUT2D eigenvalue weighted by molar-refractivity contribution is 5.36. The lowest BCUT2D eigenvalue weighted by molar-refractivity contribution is 0.476. The molecule has 0 saturated heterocycles. The fourth-order valence-corrected chi connectivity index (χ4v) is 2.06. The fraction of sp³-hybridized carbons (Fsp3) is 0.571. The van der Waals surface area contributed by atoms with Crippen molar-refractivity contribution in [2.24, 2.45) is 11.7 Å². The van der Waals surface area contributed by atoms with Gasteiger partial charge in [0, 0.05) is 12.6 Å². The first-order valence-corrected chi connectivity index (χ1v) is 6.05. The van der Waals surface area contributed by atoms with Gasteiger partial charge in [-0.05, 0) is 43.0 Å².